The molecular weight excluding hydrogens is 274 g/mol. The predicted octanol–water partition coefficient (Wildman–Crippen LogP) is 1.57. The molecular formula is C14H21N3O2S. The minimum Gasteiger partial charge on any atom is -0.349 e. The van der Waals surface area contributed by atoms with Gasteiger partial charge in [0.2, 0.25) is 11.8 Å². The molecule has 2 rings (SSSR count). The maximum atomic E-state index is 12.1. The summed E-state index contributed by atoms with van der Waals surface area (Å²) < 4.78 is 0. The van der Waals surface area contributed by atoms with Crippen molar-refractivity contribution in [1.29, 1.82) is 0 Å². The van der Waals surface area contributed by atoms with Gasteiger partial charge in [-0.25, -0.2) is 4.98 Å². The Labute approximate surface area is 123 Å². The molecule has 1 fully saturated rings. The van der Waals surface area contributed by atoms with E-state index in [9.17, 15) is 9.59 Å². The fourth-order valence-corrected chi connectivity index (χ4v) is 3.07. The van der Waals surface area contributed by atoms with Crippen LogP contribution in [0.15, 0.2) is 5.38 Å². The topological polar surface area (TPSA) is 62.3 Å². The fourth-order valence-electron chi connectivity index (χ4n) is 2.36. The smallest absolute Gasteiger partial charge is 0.225 e. The lowest BCUT2D eigenvalue weighted by molar-refractivity contribution is -0.129. The quantitative estimate of drug-likeness (QED) is 0.897. The van der Waals surface area contributed by atoms with E-state index in [-0.39, 0.29) is 17.7 Å². The van der Waals surface area contributed by atoms with Crippen molar-refractivity contribution < 1.29 is 9.59 Å². The Morgan fingerprint density at radius 1 is 1.60 bits per heavy atom. The average molecular weight is 295 g/mol. The van der Waals surface area contributed by atoms with Crippen molar-refractivity contribution in [3.63, 3.8) is 0 Å². The number of aromatic nitrogens is 1. The molecule has 1 aliphatic heterocycles. The minimum atomic E-state index is -0.220. The van der Waals surface area contributed by atoms with Crippen molar-refractivity contribution in [2.24, 2.45) is 11.8 Å². The van der Waals surface area contributed by atoms with Crippen LogP contribution >= 0.6 is 11.3 Å². The summed E-state index contributed by atoms with van der Waals surface area (Å²) >= 11 is 1.54. The normalized spacial score (nSPS) is 18.9. The lowest BCUT2D eigenvalue weighted by Gasteiger charge is -2.18. The molecule has 6 heteroatoms. The molecule has 0 bridgehead atoms. The molecule has 0 aliphatic carbocycles. The Morgan fingerprint density at radius 3 is 2.95 bits per heavy atom. The van der Waals surface area contributed by atoms with Crippen LogP contribution in [0.1, 0.15) is 31.0 Å². The fraction of sp³-hybridized carbons (Fsp3) is 0.643. The summed E-state index contributed by atoms with van der Waals surface area (Å²) in [5.41, 5.74) is 0.971. The van der Waals surface area contributed by atoms with Crippen LogP contribution < -0.4 is 5.32 Å². The number of aryl methyl sites for hydroxylation is 1. The molecule has 2 heterocycles. The van der Waals surface area contributed by atoms with E-state index >= 15 is 0 Å². The second-order valence-electron chi connectivity index (χ2n) is 5.69. The van der Waals surface area contributed by atoms with Crippen molar-refractivity contribution in [1.82, 2.24) is 15.2 Å². The summed E-state index contributed by atoms with van der Waals surface area (Å²) in [6.45, 7) is 7.80. The predicted molar refractivity (Wildman–Crippen MR) is 78.2 cm³/mol. The van der Waals surface area contributed by atoms with Crippen LogP contribution in [0.5, 0.6) is 0 Å². The zero-order valence-electron chi connectivity index (χ0n) is 12.2. The summed E-state index contributed by atoms with van der Waals surface area (Å²) in [5, 5.41) is 5.74. The first kappa shape index (κ1) is 15.0. The zero-order valence-corrected chi connectivity index (χ0v) is 13.0. The summed E-state index contributed by atoms with van der Waals surface area (Å²) in [6.07, 6.45) is 0.329. The zero-order chi connectivity index (χ0) is 14.7. The second kappa shape index (κ2) is 6.35. The van der Waals surface area contributed by atoms with Gasteiger partial charge >= 0.3 is 0 Å². The van der Waals surface area contributed by atoms with Gasteiger partial charge in [0.1, 0.15) is 5.01 Å². The summed E-state index contributed by atoms with van der Waals surface area (Å²) in [5.74, 6) is 0.253. The molecule has 5 nitrogen and oxygen atoms in total. The lowest BCUT2D eigenvalue weighted by Crippen LogP contribution is -2.33. The van der Waals surface area contributed by atoms with E-state index in [2.05, 4.69) is 24.1 Å². The van der Waals surface area contributed by atoms with Crippen LogP contribution in [0.2, 0.25) is 0 Å². The number of likely N-dealkylation sites (tertiary alicyclic amines) is 1. The van der Waals surface area contributed by atoms with Crippen molar-refractivity contribution in [3.05, 3.63) is 16.1 Å². The highest BCUT2D eigenvalue weighted by Gasteiger charge is 2.34. The highest BCUT2D eigenvalue weighted by Crippen LogP contribution is 2.19. The number of carbonyl (C=O) groups is 2. The van der Waals surface area contributed by atoms with Gasteiger partial charge in [-0.2, -0.15) is 0 Å². The third-order valence-corrected chi connectivity index (χ3v) is 4.22. The molecule has 0 unspecified atom stereocenters. The summed E-state index contributed by atoms with van der Waals surface area (Å²) in [7, 11) is 0. The van der Waals surface area contributed by atoms with Gasteiger partial charge < -0.3 is 10.2 Å². The molecule has 1 saturated heterocycles. The maximum Gasteiger partial charge on any atom is 0.225 e. The van der Waals surface area contributed by atoms with Gasteiger partial charge in [0, 0.05) is 30.6 Å². The van der Waals surface area contributed by atoms with E-state index in [1.165, 1.54) is 0 Å². The molecule has 0 saturated carbocycles. The Balaban J connectivity index is 1.83. The minimum absolute atomic E-state index is 0.0440. The van der Waals surface area contributed by atoms with Crippen molar-refractivity contribution in [2.45, 2.75) is 33.7 Å². The summed E-state index contributed by atoms with van der Waals surface area (Å²) in [4.78, 5) is 30.0. The van der Waals surface area contributed by atoms with Crippen LogP contribution in [0.25, 0.3) is 0 Å². The van der Waals surface area contributed by atoms with Gasteiger partial charge in [-0.15, -0.1) is 11.3 Å². The molecule has 1 atom stereocenters. The number of hydrogen-bond donors (Lipinski definition) is 1. The third kappa shape index (κ3) is 3.79. The highest BCUT2D eigenvalue weighted by atomic mass is 32.1. The molecule has 20 heavy (non-hydrogen) atoms. The molecule has 1 aromatic heterocycles. The monoisotopic (exact) mass is 295 g/mol. The van der Waals surface area contributed by atoms with Crippen LogP contribution in [-0.4, -0.2) is 34.8 Å². The Bertz CT molecular complexity index is 498. The van der Waals surface area contributed by atoms with Gasteiger partial charge in [-0.1, -0.05) is 13.8 Å². The van der Waals surface area contributed by atoms with Crippen LogP contribution in [0, 0.1) is 18.8 Å². The molecule has 0 aromatic carbocycles. The lowest BCUT2D eigenvalue weighted by atomic mass is 10.1. The van der Waals surface area contributed by atoms with Gasteiger partial charge in [-0.3, -0.25) is 9.59 Å². The number of nitrogens with one attached hydrogen (secondary N) is 1. The first-order chi connectivity index (χ1) is 9.45. The SMILES string of the molecule is Cc1csc(CNC(=O)[C@@H]2CC(=O)N(CC(C)C)C2)n1. The Kier molecular flexibility index (Phi) is 4.75. The first-order valence-electron chi connectivity index (χ1n) is 6.92. The van der Waals surface area contributed by atoms with E-state index in [1.807, 2.05) is 12.3 Å². The Hall–Kier alpha value is -1.43. The van der Waals surface area contributed by atoms with Gasteiger partial charge in [0.15, 0.2) is 0 Å². The molecule has 0 radical (unpaired) electrons. The van der Waals surface area contributed by atoms with Gasteiger partial charge in [0.25, 0.3) is 0 Å². The molecule has 2 amide bonds. The molecule has 1 aromatic rings. The van der Waals surface area contributed by atoms with Crippen molar-refractivity contribution in [3.8, 4) is 0 Å². The van der Waals surface area contributed by atoms with Crippen LogP contribution in [0.3, 0.4) is 0 Å². The van der Waals surface area contributed by atoms with Crippen molar-refractivity contribution >= 4 is 23.2 Å². The molecule has 110 valence electrons. The van der Waals surface area contributed by atoms with E-state index in [0.29, 0.717) is 25.4 Å². The average Bonchev–Trinajstić information content (AvgIpc) is 2.93. The van der Waals surface area contributed by atoms with Gasteiger partial charge in [-0.05, 0) is 12.8 Å². The first-order valence-corrected chi connectivity index (χ1v) is 7.80. The van der Waals surface area contributed by atoms with Gasteiger partial charge in [0.05, 0.1) is 12.5 Å². The van der Waals surface area contributed by atoms with E-state index < -0.39 is 0 Å². The summed E-state index contributed by atoms with van der Waals surface area (Å²) in [6, 6.07) is 0. The van der Waals surface area contributed by atoms with Crippen LogP contribution in [0.4, 0.5) is 0 Å². The molecule has 0 spiro atoms. The maximum absolute atomic E-state index is 12.1. The number of nitrogens with zero attached hydrogens (tertiary/aromatic N) is 2. The Morgan fingerprint density at radius 2 is 2.35 bits per heavy atom. The molecule has 1 N–H and O–H groups in total. The van der Waals surface area contributed by atoms with Crippen LogP contribution in [-0.2, 0) is 16.1 Å². The number of carbonyl (C=O) groups excluding carboxylic acids is 2. The molecule has 1 aliphatic rings. The number of amides is 2. The second-order valence-corrected chi connectivity index (χ2v) is 6.64. The third-order valence-electron chi connectivity index (χ3n) is 3.25. The largest absolute Gasteiger partial charge is 0.349 e. The number of rotatable bonds is 5. The number of thiazole rings is 1. The van der Waals surface area contributed by atoms with E-state index in [0.717, 1.165) is 17.2 Å². The standard InChI is InChI=1S/C14H21N3O2S/c1-9(2)6-17-7-11(4-13(17)18)14(19)15-5-12-16-10(3)8-20-12/h8-9,11H,4-7H2,1-3H3,(H,15,19)/t11-/m1/s1. The number of hydrogen-bond acceptors (Lipinski definition) is 4. The highest BCUT2D eigenvalue weighted by molar-refractivity contribution is 7.09. The van der Waals surface area contributed by atoms with E-state index in [4.69, 9.17) is 0 Å². The van der Waals surface area contributed by atoms with E-state index in [1.54, 1.807) is 16.2 Å². The van der Waals surface area contributed by atoms with Crippen molar-refractivity contribution in [2.75, 3.05) is 13.1 Å².